The van der Waals surface area contributed by atoms with Gasteiger partial charge < -0.3 is 5.73 Å². The molecule has 2 heterocycles. The summed E-state index contributed by atoms with van der Waals surface area (Å²) in [5.74, 6) is 1.71. The summed E-state index contributed by atoms with van der Waals surface area (Å²) in [4.78, 5) is 3.94. The second-order valence-electron chi connectivity index (χ2n) is 3.93. The van der Waals surface area contributed by atoms with Crippen molar-refractivity contribution in [2.24, 2.45) is 0 Å². The Morgan fingerprint density at radius 1 is 1.59 bits per heavy atom. The van der Waals surface area contributed by atoms with Crippen molar-refractivity contribution in [2.45, 2.75) is 17.9 Å². The van der Waals surface area contributed by atoms with Gasteiger partial charge in [-0.1, -0.05) is 0 Å². The molecule has 0 amide bonds. The van der Waals surface area contributed by atoms with Crippen LogP contribution in [0.25, 0.3) is 0 Å². The van der Waals surface area contributed by atoms with Crippen LogP contribution in [-0.2, 0) is 10.0 Å². The first-order chi connectivity index (χ1) is 8.03. The Kier molecular flexibility index (Phi) is 3.60. The Morgan fingerprint density at radius 2 is 2.35 bits per heavy atom. The molecule has 2 N–H and O–H groups in total. The molecule has 0 bridgehead atoms. The van der Waals surface area contributed by atoms with E-state index in [4.69, 9.17) is 5.73 Å². The first-order valence-electron chi connectivity index (χ1n) is 5.33. The van der Waals surface area contributed by atoms with Crippen LogP contribution in [0.4, 0.5) is 5.82 Å². The summed E-state index contributed by atoms with van der Waals surface area (Å²) >= 11 is 1.77. The number of nitrogen functional groups attached to an aromatic ring is 1. The van der Waals surface area contributed by atoms with E-state index in [9.17, 15) is 8.42 Å². The monoisotopic (exact) mass is 273 g/mol. The van der Waals surface area contributed by atoms with Crippen LogP contribution in [0.2, 0.25) is 0 Å². The molecule has 5 nitrogen and oxygen atoms in total. The SMILES string of the molecule is CC1CSCCN1S(=O)(=O)c1cccnc1N. The second kappa shape index (κ2) is 4.83. The van der Waals surface area contributed by atoms with Gasteiger partial charge in [0.1, 0.15) is 10.7 Å². The maximum Gasteiger partial charge on any atom is 0.247 e. The molecule has 7 heteroatoms. The van der Waals surface area contributed by atoms with Gasteiger partial charge in [0.05, 0.1) is 0 Å². The molecule has 1 saturated heterocycles. The highest BCUT2D eigenvalue weighted by Gasteiger charge is 2.32. The van der Waals surface area contributed by atoms with Crippen LogP contribution in [0.1, 0.15) is 6.92 Å². The Morgan fingerprint density at radius 3 is 3.00 bits per heavy atom. The standard InChI is InChI=1S/C10H15N3O2S2/c1-8-7-16-6-5-13(8)17(14,15)9-3-2-4-12-10(9)11/h2-4,8H,5-7H2,1H3,(H2,11,12). The number of sulfonamides is 1. The van der Waals surface area contributed by atoms with E-state index in [1.54, 1.807) is 17.8 Å². The van der Waals surface area contributed by atoms with Crippen molar-refractivity contribution in [1.29, 1.82) is 0 Å². The Hall–Kier alpha value is -0.790. The maximum atomic E-state index is 12.4. The van der Waals surface area contributed by atoms with E-state index < -0.39 is 10.0 Å². The van der Waals surface area contributed by atoms with E-state index in [0.29, 0.717) is 6.54 Å². The Bertz CT molecular complexity index is 504. The molecule has 0 aromatic carbocycles. The average molecular weight is 273 g/mol. The summed E-state index contributed by atoms with van der Waals surface area (Å²) in [6.07, 6.45) is 1.49. The van der Waals surface area contributed by atoms with Gasteiger partial charge in [0.15, 0.2) is 0 Å². The van der Waals surface area contributed by atoms with E-state index in [2.05, 4.69) is 4.98 Å². The summed E-state index contributed by atoms with van der Waals surface area (Å²) < 4.78 is 26.3. The van der Waals surface area contributed by atoms with Gasteiger partial charge in [-0.2, -0.15) is 16.1 Å². The molecular weight excluding hydrogens is 258 g/mol. The smallest absolute Gasteiger partial charge is 0.247 e. The lowest BCUT2D eigenvalue weighted by Crippen LogP contribution is -2.44. The van der Waals surface area contributed by atoms with E-state index in [1.807, 2.05) is 6.92 Å². The lowest BCUT2D eigenvalue weighted by Gasteiger charge is -2.32. The second-order valence-corrected chi connectivity index (χ2v) is 6.94. The minimum absolute atomic E-state index is 0.00152. The highest BCUT2D eigenvalue weighted by atomic mass is 32.2. The normalized spacial score (nSPS) is 22.5. The van der Waals surface area contributed by atoms with Crippen LogP contribution >= 0.6 is 11.8 Å². The van der Waals surface area contributed by atoms with E-state index >= 15 is 0 Å². The molecule has 1 aromatic rings. The molecule has 1 fully saturated rings. The van der Waals surface area contributed by atoms with Crippen LogP contribution < -0.4 is 5.73 Å². The fourth-order valence-electron chi connectivity index (χ4n) is 1.82. The summed E-state index contributed by atoms with van der Waals surface area (Å²) in [5, 5.41) is 0. The number of rotatable bonds is 2. The third-order valence-corrected chi connectivity index (χ3v) is 5.94. The number of pyridine rings is 1. The topological polar surface area (TPSA) is 76.3 Å². The summed E-state index contributed by atoms with van der Waals surface area (Å²) in [6.45, 7) is 2.44. The predicted molar refractivity (Wildman–Crippen MR) is 69.3 cm³/mol. The van der Waals surface area contributed by atoms with Crippen molar-refractivity contribution in [2.75, 3.05) is 23.8 Å². The number of thioether (sulfide) groups is 1. The summed E-state index contributed by atoms with van der Waals surface area (Å²) in [6, 6.07) is 3.09. The minimum atomic E-state index is -3.51. The van der Waals surface area contributed by atoms with Crippen LogP contribution in [0.15, 0.2) is 23.2 Å². The molecule has 1 aliphatic rings. The van der Waals surface area contributed by atoms with Gasteiger partial charge in [0, 0.05) is 30.3 Å². The summed E-state index contributed by atoms with van der Waals surface area (Å²) in [7, 11) is -3.51. The highest BCUT2D eigenvalue weighted by Crippen LogP contribution is 2.26. The number of hydrogen-bond acceptors (Lipinski definition) is 5. The molecule has 0 spiro atoms. The zero-order valence-corrected chi connectivity index (χ0v) is 11.2. The lowest BCUT2D eigenvalue weighted by molar-refractivity contribution is 0.367. The van der Waals surface area contributed by atoms with Crippen molar-refractivity contribution in [3.05, 3.63) is 18.3 Å². The lowest BCUT2D eigenvalue weighted by atomic mass is 10.4. The fraction of sp³-hybridized carbons (Fsp3) is 0.500. The van der Waals surface area contributed by atoms with E-state index in [-0.39, 0.29) is 16.8 Å². The first-order valence-corrected chi connectivity index (χ1v) is 7.93. The largest absolute Gasteiger partial charge is 0.383 e. The van der Waals surface area contributed by atoms with E-state index in [0.717, 1.165) is 11.5 Å². The maximum absolute atomic E-state index is 12.4. The van der Waals surface area contributed by atoms with Gasteiger partial charge in [-0.25, -0.2) is 13.4 Å². The van der Waals surface area contributed by atoms with Crippen molar-refractivity contribution >= 4 is 27.6 Å². The van der Waals surface area contributed by atoms with Crippen molar-refractivity contribution in [3.63, 3.8) is 0 Å². The molecule has 0 radical (unpaired) electrons. The van der Waals surface area contributed by atoms with Gasteiger partial charge in [-0.3, -0.25) is 0 Å². The Balaban J connectivity index is 2.39. The number of hydrogen-bond donors (Lipinski definition) is 1. The summed E-state index contributed by atoms with van der Waals surface area (Å²) in [5.41, 5.74) is 5.64. The third kappa shape index (κ3) is 2.41. The molecule has 0 aliphatic carbocycles. The number of anilines is 1. The number of nitrogens with two attached hydrogens (primary N) is 1. The predicted octanol–water partition coefficient (Wildman–Crippen LogP) is 0.790. The van der Waals surface area contributed by atoms with E-state index in [1.165, 1.54) is 16.6 Å². The molecule has 1 atom stereocenters. The molecular formula is C10H15N3O2S2. The average Bonchev–Trinajstić information content (AvgIpc) is 2.29. The Labute approximate surface area is 105 Å². The van der Waals surface area contributed by atoms with Gasteiger partial charge >= 0.3 is 0 Å². The van der Waals surface area contributed by atoms with Crippen LogP contribution in [0.5, 0.6) is 0 Å². The number of aromatic nitrogens is 1. The fourth-order valence-corrected chi connectivity index (χ4v) is 4.74. The molecule has 0 saturated carbocycles. The molecule has 1 unspecified atom stereocenters. The molecule has 2 rings (SSSR count). The van der Waals surface area contributed by atoms with Crippen molar-refractivity contribution < 1.29 is 8.42 Å². The van der Waals surface area contributed by atoms with Crippen molar-refractivity contribution in [3.8, 4) is 0 Å². The zero-order valence-electron chi connectivity index (χ0n) is 9.54. The van der Waals surface area contributed by atoms with Gasteiger partial charge in [0.25, 0.3) is 0 Å². The van der Waals surface area contributed by atoms with Gasteiger partial charge in [-0.15, -0.1) is 0 Å². The van der Waals surface area contributed by atoms with Gasteiger partial charge in [-0.05, 0) is 19.1 Å². The van der Waals surface area contributed by atoms with Crippen LogP contribution in [-0.4, -0.2) is 41.8 Å². The minimum Gasteiger partial charge on any atom is -0.383 e. The molecule has 17 heavy (non-hydrogen) atoms. The number of nitrogens with zero attached hydrogens (tertiary/aromatic N) is 2. The van der Waals surface area contributed by atoms with Crippen molar-refractivity contribution in [1.82, 2.24) is 9.29 Å². The highest BCUT2D eigenvalue weighted by molar-refractivity contribution is 7.99. The third-order valence-electron chi connectivity index (χ3n) is 2.69. The zero-order chi connectivity index (χ0) is 12.5. The molecule has 94 valence electrons. The van der Waals surface area contributed by atoms with Crippen LogP contribution in [0.3, 0.4) is 0 Å². The molecule has 1 aliphatic heterocycles. The molecule has 1 aromatic heterocycles. The van der Waals surface area contributed by atoms with Gasteiger partial charge in [0.2, 0.25) is 10.0 Å². The van der Waals surface area contributed by atoms with Crippen LogP contribution in [0, 0.1) is 0 Å². The quantitative estimate of drug-likeness (QED) is 0.862. The first kappa shape index (κ1) is 12.7.